The van der Waals surface area contributed by atoms with Gasteiger partial charge in [-0.2, -0.15) is 0 Å². The number of nitrogens with one attached hydrogen (secondary N) is 2. The van der Waals surface area contributed by atoms with Crippen molar-refractivity contribution in [2.24, 2.45) is 0 Å². The van der Waals surface area contributed by atoms with Crippen LogP contribution in [0.15, 0.2) is 20.1 Å². The summed E-state index contributed by atoms with van der Waals surface area (Å²) in [7, 11) is -3.35. The molecule has 0 aliphatic carbocycles. The quantitative estimate of drug-likeness (QED) is 0.862. The Morgan fingerprint density at radius 2 is 2.41 bits per heavy atom. The van der Waals surface area contributed by atoms with E-state index >= 15 is 0 Å². The van der Waals surface area contributed by atoms with Gasteiger partial charge in [0.05, 0.1) is 0 Å². The normalized spacial score (nSPS) is 20.9. The molecule has 2 rings (SSSR count). The van der Waals surface area contributed by atoms with Crippen LogP contribution in [-0.4, -0.2) is 27.5 Å². The van der Waals surface area contributed by atoms with Crippen LogP contribution in [0.1, 0.15) is 19.3 Å². The second kappa shape index (κ2) is 5.79. The van der Waals surface area contributed by atoms with Crippen molar-refractivity contribution in [1.82, 2.24) is 10.0 Å². The summed E-state index contributed by atoms with van der Waals surface area (Å²) in [6, 6.07) is 2.21. The number of hydrogen-bond donors (Lipinski definition) is 2. The molecule has 0 unspecified atom stereocenters. The minimum Gasteiger partial charge on any atom is -0.314 e. The predicted molar refractivity (Wildman–Crippen MR) is 72.8 cm³/mol. The van der Waals surface area contributed by atoms with Crippen LogP contribution < -0.4 is 10.0 Å². The van der Waals surface area contributed by atoms with E-state index in [9.17, 15) is 8.42 Å². The molecule has 1 aliphatic rings. The molecule has 0 amide bonds. The van der Waals surface area contributed by atoms with Crippen LogP contribution in [0.4, 0.5) is 0 Å². The molecule has 1 aromatic heterocycles. The predicted octanol–water partition coefficient (Wildman–Crippen LogP) is 1.93. The molecular formula is C10H15BrN2O2S2. The molecule has 7 heteroatoms. The van der Waals surface area contributed by atoms with E-state index < -0.39 is 10.0 Å². The highest BCUT2D eigenvalue weighted by Crippen LogP contribution is 2.27. The molecule has 0 saturated carbocycles. The van der Waals surface area contributed by atoms with Gasteiger partial charge in [0, 0.05) is 17.1 Å². The Hall–Kier alpha value is 0.0500. The van der Waals surface area contributed by atoms with E-state index in [-0.39, 0.29) is 0 Å². The fraction of sp³-hybridized carbons (Fsp3) is 0.600. The molecule has 0 bridgehead atoms. The lowest BCUT2D eigenvalue weighted by Crippen LogP contribution is -2.30. The summed E-state index contributed by atoms with van der Waals surface area (Å²) in [6.07, 6.45) is 3.18. The monoisotopic (exact) mass is 338 g/mol. The van der Waals surface area contributed by atoms with E-state index in [1.165, 1.54) is 17.8 Å². The van der Waals surface area contributed by atoms with Gasteiger partial charge in [0.2, 0.25) is 0 Å². The molecule has 4 nitrogen and oxygen atoms in total. The van der Waals surface area contributed by atoms with Crippen molar-refractivity contribution in [1.29, 1.82) is 0 Å². The molecule has 0 radical (unpaired) electrons. The molecule has 1 aromatic rings. The Kier molecular flexibility index (Phi) is 4.59. The van der Waals surface area contributed by atoms with Crippen molar-refractivity contribution in [3.8, 4) is 0 Å². The summed E-state index contributed by atoms with van der Waals surface area (Å²) < 4.78 is 27.5. The number of sulfonamides is 1. The van der Waals surface area contributed by atoms with Crippen LogP contribution in [0.25, 0.3) is 0 Å². The number of hydrogen-bond acceptors (Lipinski definition) is 4. The second-order valence-electron chi connectivity index (χ2n) is 4.04. The molecule has 1 atom stereocenters. The van der Waals surface area contributed by atoms with Crippen molar-refractivity contribution in [2.75, 3.05) is 13.1 Å². The molecule has 1 aliphatic heterocycles. The van der Waals surface area contributed by atoms with E-state index in [1.54, 1.807) is 11.4 Å². The lowest BCUT2D eigenvalue weighted by atomic mass is 10.2. The zero-order valence-electron chi connectivity index (χ0n) is 9.28. The zero-order chi connectivity index (χ0) is 12.3. The largest absolute Gasteiger partial charge is 0.314 e. The van der Waals surface area contributed by atoms with Gasteiger partial charge < -0.3 is 5.32 Å². The smallest absolute Gasteiger partial charge is 0.251 e. The van der Waals surface area contributed by atoms with Crippen molar-refractivity contribution in [3.05, 3.63) is 15.9 Å². The first-order chi connectivity index (χ1) is 8.09. The van der Waals surface area contributed by atoms with E-state index in [4.69, 9.17) is 0 Å². The summed E-state index contributed by atoms with van der Waals surface area (Å²) in [6.45, 7) is 1.54. The standard InChI is InChI=1S/C10H15BrN2O2S2/c11-9-4-7-16-10(9)17(14,15)13-6-3-8-2-1-5-12-8/h4,7-8,12-13H,1-3,5-6H2/t8-/m1/s1. The fourth-order valence-corrected chi connectivity index (χ4v) is 5.34. The molecule has 2 heterocycles. The third kappa shape index (κ3) is 3.51. The molecule has 1 fully saturated rings. The third-order valence-corrected chi connectivity index (χ3v) is 6.91. The highest BCUT2D eigenvalue weighted by molar-refractivity contribution is 9.10. The summed E-state index contributed by atoms with van der Waals surface area (Å²) in [5, 5.41) is 5.11. The summed E-state index contributed by atoms with van der Waals surface area (Å²) in [5.41, 5.74) is 0. The highest BCUT2D eigenvalue weighted by atomic mass is 79.9. The minimum absolute atomic E-state index is 0.358. The van der Waals surface area contributed by atoms with Crippen molar-refractivity contribution in [3.63, 3.8) is 0 Å². The number of thiophene rings is 1. The zero-order valence-corrected chi connectivity index (χ0v) is 12.5. The van der Waals surface area contributed by atoms with E-state index in [2.05, 4.69) is 26.0 Å². The van der Waals surface area contributed by atoms with Crippen LogP contribution in [0.2, 0.25) is 0 Å². The maximum atomic E-state index is 11.9. The van der Waals surface area contributed by atoms with Gasteiger partial charge in [-0.3, -0.25) is 0 Å². The molecule has 2 N–H and O–H groups in total. The maximum Gasteiger partial charge on any atom is 0.251 e. The van der Waals surface area contributed by atoms with Gasteiger partial charge in [-0.1, -0.05) is 0 Å². The second-order valence-corrected chi connectivity index (χ2v) is 7.77. The average Bonchev–Trinajstić information content (AvgIpc) is 2.88. The van der Waals surface area contributed by atoms with Gasteiger partial charge >= 0.3 is 0 Å². The lowest BCUT2D eigenvalue weighted by Gasteiger charge is -2.10. The molecule has 1 saturated heterocycles. The van der Waals surface area contributed by atoms with Crippen LogP contribution >= 0.6 is 27.3 Å². The van der Waals surface area contributed by atoms with Crippen LogP contribution in [0, 0.1) is 0 Å². The van der Waals surface area contributed by atoms with Crippen LogP contribution in [0.3, 0.4) is 0 Å². The van der Waals surface area contributed by atoms with Crippen molar-refractivity contribution >= 4 is 37.3 Å². The van der Waals surface area contributed by atoms with E-state index in [1.807, 2.05) is 0 Å². The Balaban J connectivity index is 1.87. The third-order valence-electron chi connectivity index (χ3n) is 2.78. The first-order valence-corrected chi connectivity index (χ1v) is 8.71. The van der Waals surface area contributed by atoms with Crippen LogP contribution in [-0.2, 0) is 10.0 Å². The SMILES string of the molecule is O=S(=O)(NCC[C@H]1CCCN1)c1sccc1Br. The van der Waals surface area contributed by atoms with Crippen molar-refractivity contribution < 1.29 is 8.42 Å². The fourth-order valence-electron chi connectivity index (χ4n) is 1.91. The molecular weight excluding hydrogens is 324 g/mol. The van der Waals surface area contributed by atoms with Gasteiger partial charge in [-0.25, -0.2) is 13.1 Å². The average molecular weight is 339 g/mol. The highest BCUT2D eigenvalue weighted by Gasteiger charge is 2.20. The number of halogens is 1. The molecule has 0 aromatic carbocycles. The Bertz CT molecular complexity index is 466. The maximum absolute atomic E-state index is 11.9. The minimum atomic E-state index is -3.35. The summed E-state index contributed by atoms with van der Waals surface area (Å²) in [5.74, 6) is 0. The lowest BCUT2D eigenvalue weighted by molar-refractivity contribution is 0.540. The van der Waals surface area contributed by atoms with Gasteiger partial charge in [-0.05, 0) is 53.2 Å². The Labute approximate surface area is 114 Å². The van der Waals surface area contributed by atoms with E-state index in [0.29, 0.717) is 21.3 Å². The van der Waals surface area contributed by atoms with Crippen LogP contribution in [0.5, 0.6) is 0 Å². The summed E-state index contributed by atoms with van der Waals surface area (Å²) in [4.78, 5) is 0. The van der Waals surface area contributed by atoms with E-state index in [0.717, 1.165) is 19.4 Å². The number of rotatable bonds is 5. The molecule has 17 heavy (non-hydrogen) atoms. The molecule has 0 spiro atoms. The van der Waals surface area contributed by atoms with Gasteiger partial charge in [0.25, 0.3) is 10.0 Å². The summed E-state index contributed by atoms with van der Waals surface area (Å²) >= 11 is 4.47. The van der Waals surface area contributed by atoms with Gasteiger partial charge in [0.1, 0.15) is 4.21 Å². The first kappa shape index (κ1) is 13.5. The van der Waals surface area contributed by atoms with Gasteiger partial charge in [-0.15, -0.1) is 11.3 Å². The molecule has 96 valence electrons. The topological polar surface area (TPSA) is 58.2 Å². The first-order valence-electron chi connectivity index (χ1n) is 5.55. The van der Waals surface area contributed by atoms with Crippen molar-refractivity contribution in [2.45, 2.75) is 29.5 Å². The van der Waals surface area contributed by atoms with Gasteiger partial charge in [0.15, 0.2) is 0 Å². The Morgan fingerprint density at radius 1 is 1.59 bits per heavy atom. The Morgan fingerprint density at radius 3 is 3.00 bits per heavy atom.